The van der Waals surface area contributed by atoms with E-state index >= 15 is 0 Å². The molecule has 0 bridgehead atoms. The lowest BCUT2D eigenvalue weighted by atomic mass is 10.2. The fraction of sp³-hybridized carbons (Fsp3) is 0.333. The Kier molecular flexibility index (Phi) is 4.46. The summed E-state index contributed by atoms with van der Waals surface area (Å²) in [5.74, 6) is 2.25. The molecule has 0 saturated heterocycles. The van der Waals surface area contributed by atoms with E-state index in [0.29, 0.717) is 41.4 Å². The van der Waals surface area contributed by atoms with Crippen molar-refractivity contribution in [1.29, 1.82) is 0 Å². The average Bonchev–Trinajstić information content (AvgIpc) is 2.87. The molecule has 0 atom stereocenters. The summed E-state index contributed by atoms with van der Waals surface area (Å²) < 4.78 is 15.8. The first kappa shape index (κ1) is 13.5. The van der Waals surface area contributed by atoms with Gasteiger partial charge >= 0.3 is 6.01 Å². The molecule has 1 aromatic carbocycles. The van der Waals surface area contributed by atoms with Crippen LogP contribution in [0.2, 0.25) is 0 Å². The second kappa shape index (κ2) is 6.29. The third kappa shape index (κ3) is 3.29. The highest BCUT2D eigenvalue weighted by atomic mass is 35.5. The van der Waals surface area contributed by atoms with Crippen LogP contribution < -0.4 is 14.8 Å². The summed E-state index contributed by atoms with van der Waals surface area (Å²) >= 11 is 5.60. The van der Waals surface area contributed by atoms with E-state index in [2.05, 4.69) is 15.5 Å². The highest BCUT2D eigenvalue weighted by Gasteiger charge is 2.10. The Bertz CT molecular complexity index is 545. The third-order valence-electron chi connectivity index (χ3n) is 2.43. The van der Waals surface area contributed by atoms with Crippen molar-refractivity contribution in [3.63, 3.8) is 0 Å². The number of alkyl halides is 1. The van der Waals surface area contributed by atoms with Crippen molar-refractivity contribution < 1.29 is 13.9 Å². The topological polar surface area (TPSA) is 69.4 Å². The minimum absolute atomic E-state index is 0.295. The van der Waals surface area contributed by atoms with Crippen LogP contribution in [0, 0.1) is 0 Å². The lowest BCUT2D eigenvalue weighted by Gasteiger charge is -2.09. The van der Waals surface area contributed by atoms with E-state index in [1.807, 2.05) is 6.07 Å². The summed E-state index contributed by atoms with van der Waals surface area (Å²) in [5.41, 5.74) is 0.712. The molecule has 2 aromatic rings. The van der Waals surface area contributed by atoms with Gasteiger partial charge in [0.1, 0.15) is 11.5 Å². The molecule has 19 heavy (non-hydrogen) atoms. The highest BCUT2D eigenvalue weighted by molar-refractivity contribution is 6.17. The molecule has 0 amide bonds. The van der Waals surface area contributed by atoms with Crippen LogP contribution in [0.1, 0.15) is 5.89 Å². The molecule has 1 aromatic heterocycles. The zero-order chi connectivity index (χ0) is 13.7. The van der Waals surface area contributed by atoms with E-state index in [9.17, 15) is 0 Å². The number of benzene rings is 1. The molecule has 0 spiro atoms. The van der Waals surface area contributed by atoms with Crippen LogP contribution in [0.5, 0.6) is 11.5 Å². The molecule has 1 N–H and O–H groups in total. The number of aryl methyl sites for hydroxylation is 1. The first-order valence-corrected chi connectivity index (χ1v) is 6.17. The molecular formula is C12H14ClN3O3. The van der Waals surface area contributed by atoms with Gasteiger partial charge in [-0.3, -0.25) is 0 Å². The van der Waals surface area contributed by atoms with Gasteiger partial charge in [-0.25, -0.2) is 0 Å². The van der Waals surface area contributed by atoms with Crippen LogP contribution >= 0.6 is 11.6 Å². The quantitative estimate of drug-likeness (QED) is 0.822. The zero-order valence-electron chi connectivity index (χ0n) is 10.6. The van der Waals surface area contributed by atoms with E-state index in [0.717, 1.165) is 0 Å². The Hall–Kier alpha value is -1.95. The van der Waals surface area contributed by atoms with Crippen molar-refractivity contribution in [2.75, 3.05) is 25.4 Å². The Morgan fingerprint density at radius 3 is 2.79 bits per heavy atom. The van der Waals surface area contributed by atoms with Gasteiger partial charge < -0.3 is 19.2 Å². The largest absolute Gasteiger partial charge is 0.497 e. The Labute approximate surface area is 115 Å². The summed E-state index contributed by atoms with van der Waals surface area (Å²) in [4.78, 5) is 0. The molecule has 6 nitrogen and oxygen atoms in total. The van der Waals surface area contributed by atoms with Gasteiger partial charge in [0.25, 0.3) is 0 Å². The lowest BCUT2D eigenvalue weighted by molar-refractivity contribution is 0.395. The van der Waals surface area contributed by atoms with Crippen LogP contribution in [-0.4, -0.2) is 30.3 Å². The predicted molar refractivity (Wildman–Crippen MR) is 71.6 cm³/mol. The molecular weight excluding hydrogens is 270 g/mol. The van der Waals surface area contributed by atoms with Crippen molar-refractivity contribution in [3.8, 4) is 11.5 Å². The van der Waals surface area contributed by atoms with Gasteiger partial charge in [-0.1, -0.05) is 5.10 Å². The van der Waals surface area contributed by atoms with E-state index in [1.54, 1.807) is 26.4 Å². The fourth-order valence-electron chi connectivity index (χ4n) is 1.50. The first-order chi connectivity index (χ1) is 9.26. The Balaban J connectivity index is 2.17. The third-order valence-corrected chi connectivity index (χ3v) is 2.61. The predicted octanol–water partition coefficient (Wildman–Crippen LogP) is 2.61. The molecule has 0 unspecified atom stereocenters. The molecule has 7 heteroatoms. The number of ether oxygens (including phenoxy) is 2. The maximum Gasteiger partial charge on any atom is 0.320 e. The van der Waals surface area contributed by atoms with Crippen LogP contribution in [-0.2, 0) is 6.42 Å². The van der Waals surface area contributed by atoms with Gasteiger partial charge in [0, 0.05) is 18.4 Å². The first-order valence-electron chi connectivity index (χ1n) is 5.64. The second-order valence-electron chi connectivity index (χ2n) is 3.63. The van der Waals surface area contributed by atoms with E-state index in [4.69, 9.17) is 25.5 Å². The lowest BCUT2D eigenvalue weighted by Crippen LogP contribution is -1.95. The van der Waals surface area contributed by atoms with Crippen LogP contribution in [0.3, 0.4) is 0 Å². The number of aromatic nitrogens is 2. The van der Waals surface area contributed by atoms with Crippen molar-refractivity contribution >= 4 is 23.3 Å². The van der Waals surface area contributed by atoms with Crippen molar-refractivity contribution in [2.45, 2.75) is 6.42 Å². The Morgan fingerprint density at radius 1 is 1.26 bits per heavy atom. The van der Waals surface area contributed by atoms with Crippen LogP contribution in [0.25, 0.3) is 0 Å². The van der Waals surface area contributed by atoms with Gasteiger partial charge in [0.2, 0.25) is 5.89 Å². The van der Waals surface area contributed by atoms with E-state index in [1.165, 1.54) is 0 Å². The van der Waals surface area contributed by atoms with Gasteiger partial charge in [-0.15, -0.1) is 16.7 Å². The molecule has 0 fully saturated rings. The summed E-state index contributed by atoms with van der Waals surface area (Å²) in [7, 11) is 3.17. The molecule has 0 aliphatic heterocycles. The number of nitrogens with one attached hydrogen (secondary N) is 1. The van der Waals surface area contributed by atoms with Gasteiger partial charge in [0.15, 0.2) is 0 Å². The molecule has 2 rings (SSSR count). The SMILES string of the molecule is COc1ccc(Nc2nnc(CCCl)o2)c(OC)c1. The summed E-state index contributed by atoms with van der Waals surface area (Å²) in [5, 5.41) is 10.7. The van der Waals surface area contributed by atoms with E-state index < -0.39 is 0 Å². The molecule has 0 aliphatic rings. The maximum absolute atomic E-state index is 5.60. The zero-order valence-corrected chi connectivity index (χ0v) is 11.4. The number of hydrogen-bond acceptors (Lipinski definition) is 6. The van der Waals surface area contributed by atoms with Crippen molar-refractivity contribution in [1.82, 2.24) is 10.2 Å². The standard InChI is InChI=1S/C12H14ClN3O3/c1-17-8-3-4-9(10(7-8)18-2)14-12-16-15-11(19-12)5-6-13/h3-4,7H,5-6H2,1-2H3,(H,14,16). The van der Waals surface area contributed by atoms with E-state index in [-0.39, 0.29) is 0 Å². The van der Waals surface area contributed by atoms with Crippen molar-refractivity contribution in [3.05, 3.63) is 24.1 Å². The highest BCUT2D eigenvalue weighted by Crippen LogP contribution is 2.31. The maximum atomic E-state index is 5.60. The molecule has 0 saturated carbocycles. The van der Waals surface area contributed by atoms with Crippen molar-refractivity contribution in [2.24, 2.45) is 0 Å². The monoisotopic (exact) mass is 283 g/mol. The number of hydrogen-bond donors (Lipinski definition) is 1. The smallest absolute Gasteiger partial charge is 0.320 e. The second-order valence-corrected chi connectivity index (χ2v) is 4.01. The van der Waals surface area contributed by atoms with Crippen LogP contribution in [0.15, 0.2) is 22.6 Å². The summed E-state index contributed by atoms with van der Waals surface area (Å²) in [6, 6.07) is 5.67. The van der Waals surface area contributed by atoms with Gasteiger partial charge in [0.05, 0.1) is 19.9 Å². The molecule has 1 heterocycles. The number of rotatable bonds is 6. The van der Waals surface area contributed by atoms with Gasteiger partial charge in [-0.05, 0) is 12.1 Å². The average molecular weight is 284 g/mol. The summed E-state index contributed by atoms with van der Waals surface area (Å²) in [6.07, 6.45) is 0.538. The number of anilines is 2. The number of halogens is 1. The van der Waals surface area contributed by atoms with Crippen LogP contribution in [0.4, 0.5) is 11.7 Å². The number of nitrogens with zero attached hydrogens (tertiary/aromatic N) is 2. The minimum Gasteiger partial charge on any atom is -0.497 e. The summed E-state index contributed by atoms with van der Waals surface area (Å²) in [6.45, 7) is 0. The minimum atomic E-state index is 0.295. The molecule has 0 radical (unpaired) electrons. The molecule has 0 aliphatic carbocycles. The molecule has 102 valence electrons. The van der Waals surface area contributed by atoms with Gasteiger partial charge in [-0.2, -0.15) is 0 Å². The fourth-order valence-corrected chi connectivity index (χ4v) is 1.66. The number of methoxy groups -OCH3 is 2. The Morgan fingerprint density at radius 2 is 2.11 bits per heavy atom. The normalized spacial score (nSPS) is 10.3.